The van der Waals surface area contributed by atoms with Gasteiger partial charge >= 0.3 is 6.01 Å². The maximum Gasteiger partial charge on any atom is 0.311 e. The fraction of sp³-hybridized carbons (Fsp3) is 0. The van der Waals surface area contributed by atoms with Crippen LogP contribution in [0.25, 0.3) is 32.4 Å². The van der Waals surface area contributed by atoms with Gasteiger partial charge in [0, 0.05) is 12.3 Å². The molecule has 1 aromatic carbocycles. The van der Waals surface area contributed by atoms with E-state index < -0.39 is 45.8 Å². The lowest BCUT2D eigenvalue weighted by molar-refractivity contribution is 0.475. The molecule has 0 fully saturated rings. The highest BCUT2D eigenvalue weighted by atomic mass is 32.1. The van der Waals surface area contributed by atoms with Gasteiger partial charge in [0.1, 0.15) is 29.0 Å². The van der Waals surface area contributed by atoms with E-state index in [-0.39, 0.29) is 20.7 Å². The highest BCUT2D eigenvalue weighted by Gasteiger charge is 2.24. The molecule has 0 aliphatic heterocycles. The minimum atomic E-state index is -1.13. The van der Waals surface area contributed by atoms with Gasteiger partial charge in [0.15, 0.2) is 10.9 Å². The number of hydrogen-bond acceptors (Lipinski definition) is 7. The number of ether oxygens (including phenoxy) is 1. The normalized spacial score (nSPS) is 11.0. The number of halogens is 3. The first-order valence-electron chi connectivity index (χ1n) is 7.16. The summed E-state index contributed by atoms with van der Waals surface area (Å²) in [6.45, 7) is 0. The third-order valence-corrected chi connectivity index (χ3v) is 4.55. The van der Waals surface area contributed by atoms with Crippen molar-refractivity contribution in [2.75, 3.05) is 5.73 Å². The maximum absolute atomic E-state index is 15.1. The van der Waals surface area contributed by atoms with Crippen LogP contribution in [0.2, 0.25) is 0 Å². The van der Waals surface area contributed by atoms with E-state index in [1.54, 1.807) is 6.11 Å². The van der Waals surface area contributed by atoms with Crippen LogP contribution in [0.15, 0.2) is 17.1 Å². The molecule has 11 heteroatoms. The standard InChI is InChI=1S/C16H6F3N5O2S/c1-2-26-16-23-10-5(14(25)24-16)4-21-11(9(10)19)8-6(17)3-7(18)13-12(8)22-15(20)27-13/h1,3-4H,(H2,20,22)(H,23,24,25). The Morgan fingerprint density at radius 1 is 1.22 bits per heavy atom. The van der Waals surface area contributed by atoms with Crippen LogP contribution < -0.4 is 16.0 Å². The minimum Gasteiger partial charge on any atom is -0.375 e. The summed E-state index contributed by atoms with van der Waals surface area (Å²) in [7, 11) is 0. The van der Waals surface area contributed by atoms with Crippen LogP contribution in [0.1, 0.15) is 0 Å². The lowest BCUT2D eigenvalue weighted by Crippen LogP contribution is -2.11. The molecular formula is C16H6F3N5O2S. The van der Waals surface area contributed by atoms with E-state index >= 15 is 4.39 Å². The molecule has 0 radical (unpaired) electrons. The monoisotopic (exact) mass is 389 g/mol. The van der Waals surface area contributed by atoms with E-state index in [9.17, 15) is 13.6 Å². The zero-order valence-electron chi connectivity index (χ0n) is 13.0. The zero-order valence-corrected chi connectivity index (χ0v) is 13.8. The van der Waals surface area contributed by atoms with Crippen molar-refractivity contribution in [3.8, 4) is 29.8 Å². The summed E-state index contributed by atoms with van der Waals surface area (Å²) in [4.78, 5) is 25.6. The Morgan fingerprint density at radius 3 is 2.74 bits per heavy atom. The highest BCUT2D eigenvalue weighted by molar-refractivity contribution is 7.22. The number of pyridine rings is 1. The summed E-state index contributed by atoms with van der Waals surface area (Å²) in [6, 6.07) is 0.160. The third kappa shape index (κ3) is 2.54. The molecule has 4 aromatic rings. The van der Waals surface area contributed by atoms with Crippen molar-refractivity contribution >= 4 is 37.6 Å². The molecule has 3 aromatic heterocycles. The molecule has 0 saturated carbocycles. The van der Waals surface area contributed by atoms with Crippen molar-refractivity contribution in [2.45, 2.75) is 0 Å². The third-order valence-electron chi connectivity index (χ3n) is 3.65. The Morgan fingerprint density at radius 2 is 2.00 bits per heavy atom. The van der Waals surface area contributed by atoms with Crippen molar-refractivity contribution in [1.82, 2.24) is 19.9 Å². The van der Waals surface area contributed by atoms with Gasteiger partial charge in [-0.25, -0.2) is 18.2 Å². The molecule has 27 heavy (non-hydrogen) atoms. The van der Waals surface area contributed by atoms with Crippen molar-refractivity contribution in [1.29, 1.82) is 0 Å². The Labute approximate surface area is 151 Å². The van der Waals surface area contributed by atoms with E-state index in [0.717, 1.165) is 17.5 Å². The van der Waals surface area contributed by atoms with Crippen LogP contribution in [-0.4, -0.2) is 19.9 Å². The summed E-state index contributed by atoms with van der Waals surface area (Å²) in [5.74, 6) is -3.11. The molecular weight excluding hydrogens is 383 g/mol. The molecule has 0 spiro atoms. The van der Waals surface area contributed by atoms with Gasteiger partial charge in [-0.2, -0.15) is 4.98 Å². The van der Waals surface area contributed by atoms with Crippen LogP contribution in [0.3, 0.4) is 0 Å². The van der Waals surface area contributed by atoms with E-state index in [2.05, 4.69) is 24.7 Å². The highest BCUT2D eigenvalue weighted by Crippen LogP contribution is 2.37. The minimum absolute atomic E-state index is 0.0313. The molecule has 3 heterocycles. The maximum atomic E-state index is 15.1. The average Bonchev–Trinajstić information content (AvgIpc) is 2.99. The van der Waals surface area contributed by atoms with Gasteiger partial charge in [-0.15, -0.1) is 0 Å². The van der Waals surface area contributed by atoms with Crippen molar-refractivity contribution in [2.24, 2.45) is 0 Å². The summed E-state index contributed by atoms with van der Waals surface area (Å²) in [6.07, 6.45) is 7.76. The zero-order chi connectivity index (χ0) is 19.3. The number of nitrogen functional groups attached to an aromatic ring is 1. The Kier molecular flexibility index (Phi) is 3.71. The topological polar surface area (TPSA) is 107 Å². The first-order chi connectivity index (χ1) is 12.9. The van der Waals surface area contributed by atoms with E-state index in [4.69, 9.17) is 12.2 Å². The van der Waals surface area contributed by atoms with E-state index in [1.165, 1.54) is 0 Å². The molecule has 3 N–H and O–H groups in total. The number of hydrogen-bond donors (Lipinski definition) is 2. The molecule has 0 unspecified atom stereocenters. The number of H-pyrrole nitrogens is 1. The Balaban J connectivity index is 2.09. The second kappa shape index (κ2) is 5.96. The first-order valence-corrected chi connectivity index (χ1v) is 7.97. The summed E-state index contributed by atoms with van der Waals surface area (Å²) in [5, 5.41) is -0.242. The lowest BCUT2D eigenvalue weighted by Gasteiger charge is -2.08. The molecule has 0 amide bonds. The molecule has 7 nitrogen and oxygen atoms in total. The van der Waals surface area contributed by atoms with Crippen molar-refractivity contribution < 1.29 is 17.9 Å². The van der Waals surface area contributed by atoms with Gasteiger partial charge in [-0.3, -0.25) is 14.8 Å². The number of rotatable bonds is 2. The molecule has 0 aliphatic carbocycles. The van der Waals surface area contributed by atoms with Gasteiger partial charge < -0.3 is 10.5 Å². The Hall–Kier alpha value is -3.65. The molecule has 0 bridgehead atoms. The predicted molar refractivity (Wildman–Crippen MR) is 92.5 cm³/mol. The number of nitrogens with one attached hydrogen (secondary N) is 1. The SMILES string of the molecule is C#COc1nc2c(F)c(-c3c(F)cc(F)c4sc(N)nc34)ncc2c(=O)[nH]1. The fourth-order valence-corrected chi connectivity index (χ4v) is 3.33. The van der Waals surface area contributed by atoms with E-state index in [1.807, 2.05) is 0 Å². The first kappa shape index (κ1) is 16.8. The van der Waals surface area contributed by atoms with Gasteiger partial charge in [0.2, 0.25) is 0 Å². The van der Waals surface area contributed by atoms with Crippen LogP contribution in [0.5, 0.6) is 6.01 Å². The van der Waals surface area contributed by atoms with Crippen molar-refractivity contribution in [3.63, 3.8) is 0 Å². The number of aromatic nitrogens is 4. The van der Waals surface area contributed by atoms with E-state index in [0.29, 0.717) is 6.07 Å². The number of nitrogens with two attached hydrogens (primary N) is 1. The summed E-state index contributed by atoms with van der Waals surface area (Å²) < 4.78 is 48.1. The van der Waals surface area contributed by atoms with Gasteiger partial charge in [0.05, 0.1) is 21.2 Å². The predicted octanol–water partition coefficient (Wildman–Crippen LogP) is 2.56. The van der Waals surface area contributed by atoms with Crippen molar-refractivity contribution in [3.05, 3.63) is 40.1 Å². The second-order valence-corrected chi connectivity index (χ2v) is 6.25. The molecule has 4 rings (SSSR count). The smallest absolute Gasteiger partial charge is 0.311 e. The molecule has 134 valence electrons. The molecule has 0 saturated heterocycles. The quantitative estimate of drug-likeness (QED) is 0.511. The molecule has 0 aliphatic rings. The van der Waals surface area contributed by atoms with Crippen LogP contribution >= 0.6 is 11.3 Å². The number of thiazole rings is 1. The number of anilines is 1. The number of nitrogens with zero attached hydrogens (tertiary/aromatic N) is 3. The fourth-order valence-electron chi connectivity index (χ4n) is 2.58. The van der Waals surface area contributed by atoms with Crippen LogP contribution in [0.4, 0.5) is 18.3 Å². The summed E-state index contributed by atoms with van der Waals surface area (Å²) in [5.41, 5.74) is 3.26. The lowest BCUT2D eigenvalue weighted by atomic mass is 10.1. The number of benzene rings is 1. The molecule has 0 atom stereocenters. The van der Waals surface area contributed by atoms with Crippen LogP contribution in [0, 0.1) is 30.0 Å². The van der Waals surface area contributed by atoms with Gasteiger partial charge in [-0.05, 0) is 0 Å². The Bertz CT molecular complexity index is 1340. The van der Waals surface area contributed by atoms with Crippen LogP contribution in [-0.2, 0) is 0 Å². The number of terminal acetylenes is 1. The number of fused-ring (bicyclic) bond motifs is 2. The summed E-state index contributed by atoms with van der Waals surface area (Å²) >= 11 is 0.779. The largest absolute Gasteiger partial charge is 0.375 e. The van der Waals surface area contributed by atoms with Gasteiger partial charge in [-0.1, -0.05) is 17.8 Å². The number of aromatic amines is 1. The van der Waals surface area contributed by atoms with Gasteiger partial charge in [0.25, 0.3) is 5.56 Å². The average molecular weight is 389 g/mol. The second-order valence-electron chi connectivity index (χ2n) is 5.22.